The lowest BCUT2D eigenvalue weighted by molar-refractivity contribution is -0.0611. The SMILES string of the molecule is CC1CCNC(C2(O)CCCC(C3CC3)C2)C1. The second kappa shape index (κ2) is 4.55. The number of nitrogens with one attached hydrogen (secondary N) is 1. The molecular weight excluding hydrogens is 210 g/mol. The van der Waals surface area contributed by atoms with Gasteiger partial charge in [-0.15, -0.1) is 0 Å². The number of piperidine rings is 1. The maximum Gasteiger partial charge on any atom is 0.0802 e. The van der Waals surface area contributed by atoms with Gasteiger partial charge in [-0.1, -0.05) is 13.3 Å². The van der Waals surface area contributed by atoms with Crippen LogP contribution in [0.5, 0.6) is 0 Å². The highest BCUT2D eigenvalue weighted by molar-refractivity contribution is 5.00. The molecule has 2 heteroatoms. The molecule has 0 aromatic rings. The Morgan fingerprint density at radius 2 is 1.94 bits per heavy atom. The van der Waals surface area contributed by atoms with Crippen LogP contribution in [0.1, 0.15) is 58.3 Å². The summed E-state index contributed by atoms with van der Waals surface area (Å²) in [5, 5.41) is 14.6. The second-order valence-corrected chi connectivity index (χ2v) is 6.93. The molecule has 1 aliphatic heterocycles. The van der Waals surface area contributed by atoms with Gasteiger partial charge < -0.3 is 10.4 Å². The van der Waals surface area contributed by atoms with Crippen molar-refractivity contribution in [2.24, 2.45) is 17.8 Å². The van der Waals surface area contributed by atoms with Gasteiger partial charge in [-0.2, -0.15) is 0 Å². The van der Waals surface area contributed by atoms with E-state index in [0.717, 1.165) is 37.1 Å². The van der Waals surface area contributed by atoms with E-state index < -0.39 is 0 Å². The van der Waals surface area contributed by atoms with E-state index in [9.17, 15) is 5.11 Å². The highest BCUT2D eigenvalue weighted by Gasteiger charge is 2.45. The molecular formula is C15H27NO. The Morgan fingerprint density at radius 3 is 2.65 bits per heavy atom. The minimum atomic E-state index is -0.389. The van der Waals surface area contributed by atoms with Crippen LogP contribution < -0.4 is 5.32 Å². The Labute approximate surface area is 105 Å². The number of rotatable bonds is 2. The molecule has 17 heavy (non-hydrogen) atoms. The standard InChI is InChI=1S/C15H27NO/c1-11-6-8-16-14(9-11)15(17)7-2-3-13(10-15)12-4-5-12/h11-14,16-17H,2-10H2,1H3. The molecule has 4 unspecified atom stereocenters. The van der Waals surface area contributed by atoms with Crippen LogP contribution in [0.3, 0.4) is 0 Å². The third kappa shape index (κ3) is 2.53. The smallest absolute Gasteiger partial charge is 0.0802 e. The van der Waals surface area contributed by atoms with Gasteiger partial charge in [0.05, 0.1) is 5.60 Å². The van der Waals surface area contributed by atoms with E-state index in [-0.39, 0.29) is 5.60 Å². The lowest BCUT2D eigenvalue weighted by atomic mass is 9.70. The fraction of sp³-hybridized carbons (Fsp3) is 1.00. The van der Waals surface area contributed by atoms with Crippen LogP contribution in [-0.4, -0.2) is 23.3 Å². The molecule has 0 amide bonds. The van der Waals surface area contributed by atoms with Crippen LogP contribution in [0, 0.1) is 17.8 Å². The molecule has 0 aromatic carbocycles. The van der Waals surface area contributed by atoms with Crippen LogP contribution in [0.15, 0.2) is 0 Å². The summed E-state index contributed by atoms with van der Waals surface area (Å²) < 4.78 is 0. The Bertz CT molecular complexity index is 276. The molecule has 0 aromatic heterocycles. The Kier molecular flexibility index (Phi) is 3.20. The van der Waals surface area contributed by atoms with Crippen molar-refractivity contribution >= 4 is 0 Å². The first kappa shape index (κ1) is 12.0. The summed E-state index contributed by atoms with van der Waals surface area (Å²) >= 11 is 0. The third-order valence-electron chi connectivity index (χ3n) is 5.40. The van der Waals surface area contributed by atoms with Crippen molar-refractivity contribution in [3.05, 3.63) is 0 Å². The van der Waals surface area contributed by atoms with Crippen molar-refractivity contribution in [1.29, 1.82) is 0 Å². The van der Waals surface area contributed by atoms with Gasteiger partial charge in [0, 0.05) is 6.04 Å². The zero-order chi connectivity index (χ0) is 11.9. The monoisotopic (exact) mass is 237 g/mol. The van der Waals surface area contributed by atoms with Gasteiger partial charge in [0.1, 0.15) is 0 Å². The number of hydrogen-bond donors (Lipinski definition) is 2. The maximum atomic E-state index is 11.0. The summed E-state index contributed by atoms with van der Waals surface area (Å²) in [6.07, 6.45) is 10.0. The molecule has 0 spiro atoms. The van der Waals surface area contributed by atoms with Gasteiger partial charge in [-0.05, 0) is 69.2 Å². The number of hydrogen-bond acceptors (Lipinski definition) is 2. The summed E-state index contributed by atoms with van der Waals surface area (Å²) in [7, 11) is 0. The van der Waals surface area contributed by atoms with E-state index in [1.807, 2.05) is 0 Å². The lowest BCUT2D eigenvalue weighted by Gasteiger charge is -2.45. The van der Waals surface area contributed by atoms with E-state index in [1.165, 1.54) is 38.5 Å². The van der Waals surface area contributed by atoms with Gasteiger partial charge in [0.25, 0.3) is 0 Å². The molecule has 2 N–H and O–H groups in total. The molecule has 2 saturated carbocycles. The van der Waals surface area contributed by atoms with Gasteiger partial charge >= 0.3 is 0 Å². The summed E-state index contributed by atoms with van der Waals surface area (Å²) in [5.74, 6) is 2.57. The molecule has 2 nitrogen and oxygen atoms in total. The minimum absolute atomic E-state index is 0.368. The first-order valence-electron chi connectivity index (χ1n) is 7.63. The van der Waals surface area contributed by atoms with Gasteiger partial charge in [-0.3, -0.25) is 0 Å². The highest BCUT2D eigenvalue weighted by atomic mass is 16.3. The second-order valence-electron chi connectivity index (χ2n) is 6.93. The number of aliphatic hydroxyl groups is 1. The van der Waals surface area contributed by atoms with E-state index in [4.69, 9.17) is 0 Å². The topological polar surface area (TPSA) is 32.3 Å². The van der Waals surface area contributed by atoms with Crippen LogP contribution in [-0.2, 0) is 0 Å². The predicted molar refractivity (Wildman–Crippen MR) is 69.8 cm³/mol. The third-order valence-corrected chi connectivity index (χ3v) is 5.40. The first-order chi connectivity index (χ1) is 8.17. The van der Waals surface area contributed by atoms with Gasteiger partial charge in [0.15, 0.2) is 0 Å². The first-order valence-corrected chi connectivity index (χ1v) is 7.63. The van der Waals surface area contributed by atoms with E-state index in [1.54, 1.807) is 0 Å². The lowest BCUT2D eigenvalue weighted by Crippen LogP contribution is -2.56. The van der Waals surface area contributed by atoms with E-state index >= 15 is 0 Å². The van der Waals surface area contributed by atoms with Crippen LogP contribution >= 0.6 is 0 Å². The van der Waals surface area contributed by atoms with E-state index in [0.29, 0.717) is 6.04 Å². The predicted octanol–water partition coefficient (Wildman–Crippen LogP) is 2.71. The van der Waals surface area contributed by atoms with E-state index in [2.05, 4.69) is 12.2 Å². The van der Waals surface area contributed by atoms with Gasteiger partial charge in [0.2, 0.25) is 0 Å². The van der Waals surface area contributed by atoms with Crippen molar-refractivity contribution in [1.82, 2.24) is 5.32 Å². The molecule has 2 aliphatic carbocycles. The quantitative estimate of drug-likeness (QED) is 0.774. The molecule has 0 bridgehead atoms. The molecule has 98 valence electrons. The summed E-state index contributed by atoms with van der Waals surface area (Å²) in [5.41, 5.74) is -0.389. The highest BCUT2D eigenvalue weighted by Crippen LogP contribution is 2.48. The van der Waals surface area contributed by atoms with Crippen molar-refractivity contribution in [2.75, 3.05) is 6.54 Å². The molecule has 1 heterocycles. The fourth-order valence-electron chi connectivity index (χ4n) is 4.13. The Morgan fingerprint density at radius 1 is 1.12 bits per heavy atom. The zero-order valence-electron chi connectivity index (χ0n) is 11.1. The van der Waals surface area contributed by atoms with Crippen LogP contribution in [0.2, 0.25) is 0 Å². The molecule has 4 atom stereocenters. The summed E-state index contributed by atoms with van der Waals surface area (Å²) in [6.45, 7) is 3.43. The molecule has 3 aliphatic rings. The average Bonchev–Trinajstić information content (AvgIpc) is 3.13. The summed E-state index contributed by atoms with van der Waals surface area (Å²) in [6, 6.07) is 0.368. The average molecular weight is 237 g/mol. The molecule has 3 rings (SSSR count). The van der Waals surface area contributed by atoms with Crippen molar-refractivity contribution in [2.45, 2.75) is 69.9 Å². The Balaban J connectivity index is 1.66. The normalized spacial score (nSPS) is 48.0. The van der Waals surface area contributed by atoms with Crippen molar-refractivity contribution in [3.63, 3.8) is 0 Å². The van der Waals surface area contributed by atoms with Crippen LogP contribution in [0.25, 0.3) is 0 Å². The fourth-order valence-corrected chi connectivity index (χ4v) is 4.13. The minimum Gasteiger partial charge on any atom is -0.388 e. The largest absolute Gasteiger partial charge is 0.388 e. The van der Waals surface area contributed by atoms with Crippen molar-refractivity contribution < 1.29 is 5.11 Å². The van der Waals surface area contributed by atoms with Crippen LogP contribution in [0.4, 0.5) is 0 Å². The summed E-state index contributed by atoms with van der Waals surface area (Å²) in [4.78, 5) is 0. The molecule has 1 saturated heterocycles. The maximum absolute atomic E-state index is 11.0. The van der Waals surface area contributed by atoms with Crippen molar-refractivity contribution in [3.8, 4) is 0 Å². The molecule has 3 fully saturated rings. The zero-order valence-corrected chi connectivity index (χ0v) is 11.1. The Hall–Kier alpha value is -0.0800. The molecule has 0 radical (unpaired) electrons. The van der Waals surface area contributed by atoms with Gasteiger partial charge in [-0.25, -0.2) is 0 Å².